The van der Waals surface area contributed by atoms with Crippen LogP contribution in [0.3, 0.4) is 0 Å². The molecule has 0 saturated carbocycles. The van der Waals surface area contributed by atoms with Crippen molar-refractivity contribution in [3.05, 3.63) is 11.9 Å². The summed E-state index contributed by atoms with van der Waals surface area (Å²) >= 11 is 0. The number of hydrogen-bond acceptors (Lipinski definition) is 5. The Morgan fingerprint density at radius 2 is 2.29 bits per heavy atom. The first-order valence-corrected chi connectivity index (χ1v) is 5.83. The third kappa shape index (κ3) is 3.42. The van der Waals surface area contributed by atoms with Crippen LogP contribution in [0.25, 0.3) is 0 Å². The van der Waals surface area contributed by atoms with Crippen LogP contribution >= 0.6 is 0 Å². The molecule has 1 atom stereocenters. The number of aromatic nitrogens is 2. The monoisotopic (exact) mass is 242 g/mol. The van der Waals surface area contributed by atoms with Gasteiger partial charge in [-0.3, -0.25) is 16.0 Å². The Kier molecular flexibility index (Phi) is 5.96. The number of rotatable bonds is 8. The molecule has 0 fully saturated rings. The zero-order chi connectivity index (χ0) is 12.7. The number of ether oxygens (including phenoxy) is 2. The van der Waals surface area contributed by atoms with E-state index in [1.54, 1.807) is 20.4 Å². The molecule has 0 spiro atoms. The Morgan fingerprint density at radius 3 is 2.82 bits per heavy atom. The number of aryl methyl sites for hydroxylation is 1. The van der Waals surface area contributed by atoms with Crippen molar-refractivity contribution in [1.29, 1.82) is 0 Å². The third-order valence-corrected chi connectivity index (χ3v) is 2.74. The normalized spacial score (nSPS) is 12.7. The van der Waals surface area contributed by atoms with Crippen LogP contribution in [0.4, 0.5) is 0 Å². The van der Waals surface area contributed by atoms with Crippen LogP contribution in [-0.2, 0) is 11.3 Å². The van der Waals surface area contributed by atoms with Crippen LogP contribution < -0.4 is 16.0 Å². The molecule has 0 aliphatic rings. The smallest absolute Gasteiger partial charge is 0.161 e. The van der Waals surface area contributed by atoms with Crippen LogP contribution in [0.1, 0.15) is 31.5 Å². The molecule has 0 amide bonds. The summed E-state index contributed by atoms with van der Waals surface area (Å²) in [6.07, 6.45) is 3.54. The molecule has 0 aliphatic heterocycles. The van der Waals surface area contributed by atoms with Crippen molar-refractivity contribution in [2.75, 3.05) is 20.8 Å². The second-order valence-electron chi connectivity index (χ2n) is 3.77. The average molecular weight is 242 g/mol. The molecule has 17 heavy (non-hydrogen) atoms. The van der Waals surface area contributed by atoms with E-state index in [-0.39, 0.29) is 6.04 Å². The number of nitrogens with two attached hydrogens (primary N) is 1. The molecule has 6 nitrogen and oxygen atoms in total. The first-order chi connectivity index (χ1) is 8.28. The fourth-order valence-electron chi connectivity index (χ4n) is 1.87. The highest BCUT2D eigenvalue weighted by Gasteiger charge is 2.20. The highest BCUT2D eigenvalue weighted by atomic mass is 16.5. The van der Waals surface area contributed by atoms with Gasteiger partial charge < -0.3 is 9.47 Å². The summed E-state index contributed by atoms with van der Waals surface area (Å²) in [5.41, 5.74) is 3.81. The Morgan fingerprint density at radius 1 is 1.53 bits per heavy atom. The van der Waals surface area contributed by atoms with Crippen molar-refractivity contribution >= 4 is 0 Å². The molecule has 1 aromatic rings. The zero-order valence-corrected chi connectivity index (χ0v) is 10.8. The molecule has 98 valence electrons. The lowest BCUT2D eigenvalue weighted by atomic mass is 10.1. The number of methoxy groups -OCH3 is 2. The van der Waals surface area contributed by atoms with Gasteiger partial charge in [-0.15, -0.1) is 0 Å². The van der Waals surface area contributed by atoms with E-state index in [0.717, 1.165) is 37.4 Å². The molecule has 1 heterocycles. The van der Waals surface area contributed by atoms with Gasteiger partial charge in [-0.25, -0.2) is 0 Å². The van der Waals surface area contributed by atoms with Crippen molar-refractivity contribution in [3.8, 4) is 5.75 Å². The van der Waals surface area contributed by atoms with Crippen molar-refractivity contribution < 1.29 is 9.47 Å². The fourth-order valence-corrected chi connectivity index (χ4v) is 1.87. The quantitative estimate of drug-likeness (QED) is 0.401. The second-order valence-corrected chi connectivity index (χ2v) is 3.77. The number of hydrazine groups is 1. The van der Waals surface area contributed by atoms with E-state index in [2.05, 4.69) is 10.5 Å². The molecular formula is C11H22N4O2. The molecule has 1 rings (SSSR count). The lowest BCUT2D eigenvalue weighted by molar-refractivity contribution is 0.188. The Labute approximate surface area is 102 Å². The molecule has 1 unspecified atom stereocenters. The zero-order valence-electron chi connectivity index (χ0n) is 10.8. The van der Waals surface area contributed by atoms with Gasteiger partial charge in [-0.1, -0.05) is 0 Å². The summed E-state index contributed by atoms with van der Waals surface area (Å²) in [6.45, 7) is 3.56. The Balaban J connectivity index is 2.81. The van der Waals surface area contributed by atoms with Crippen molar-refractivity contribution in [3.63, 3.8) is 0 Å². The van der Waals surface area contributed by atoms with E-state index >= 15 is 0 Å². The largest absolute Gasteiger partial charge is 0.493 e. The van der Waals surface area contributed by atoms with Gasteiger partial charge in [-0.2, -0.15) is 5.10 Å². The Bertz CT molecular complexity index is 306. The van der Waals surface area contributed by atoms with Gasteiger partial charge in [0.2, 0.25) is 0 Å². The summed E-state index contributed by atoms with van der Waals surface area (Å²) in [5.74, 6) is 6.38. The van der Waals surface area contributed by atoms with E-state index in [4.69, 9.17) is 15.3 Å². The highest BCUT2D eigenvalue weighted by molar-refractivity contribution is 5.28. The molecule has 3 N–H and O–H groups in total. The topological polar surface area (TPSA) is 74.3 Å². The van der Waals surface area contributed by atoms with E-state index in [1.807, 2.05) is 11.6 Å². The van der Waals surface area contributed by atoms with E-state index in [1.165, 1.54) is 0 Å². The maximum atomic E-state index is 5.61. The first kappa shape index (κ1) is 14.0. The minimum Gasteiger partial charge on any atom is -0.493 e. The number of nitrogens with zero attached hydrogens (tertiary/aromatic N) is 2. The summed E-state index contributed by atoms with van der Waals surface area (Å²) < 4.78 is 12.3. The van der Waals surface area contributed by atoms with Gasteiger partial charge in [0.25, 0.3) is 0 Å². The lowest BCUT2D eigenvalue weighted by Gasteiger charge is -2.18. The second kappa shape index (κ2) is 7.26. The van der Waals surface area contributed by atoms with Crippen molar-refractivity contribution in [1.82, 2.24) is 15.2 Å². The first-order valence-electron chi connectivity index (χ1n) is 5.83. The highest BCUT2D eigenvalue weighted by Crippen LogP contribution is 2.27. The summed E-state index contributed by atoms with van der Waals surface area (Å²) in [5, 5.41) is 4.27. The van der Waals surface area contributed by atoms with E-state index < -0.39 is 0 Å². The van der Waals surface area contributed by atoms with Crippen LogP contribution in [0, 0.1) is 0 Å². The van der Waals surface area contributed by atoms with Gasteiger partial charge in [0, 0.05) is 20.3 Å². The van der Waals surface area contributed by atoms with Crippen LogP contribution in [-0.4, -0.2) is 30.6 Å². The minimum atomic E-state index is 0.0301. The average Bonchev–Trinajstić information content (AvgIpc) is 2.77. The number of nitrogens with one attached hydrogen (secondary N) is 1. The fraction of sp³-hybridized carbons (Fsp3) is 0.727. The van der Waals surface area contributed by atoms with E-state index in [0.29, 0.717) is 0 Å². The molecule has 6 heteroatoms. The minimum absolute atomic E-state index is 0.0301. The summed E-state index contributed by atoms with van der Waals surface area (Å²) in [6, 6.07) is 0.0301. The number of hydrogen-bond donors (Lipinski definition) is 2. The lowest BCUT2D eigenvalue weighted by Crippen LogP contribution is -2.30. The van der Waals surface area contributed by atoms with Gasteiger partial charge in [0.05, 0.1) is 25.0 Å². The van der Waals surface area contributed by atoms with E-state index in [9.17, 15) is 0 Å². The van der Waals surface area contributed by atoms with Crippen molar-refractivity contribution in [2.45, 2.75) is 32.4 Å². The molecule has 0 aromatic carbocycles. The van der Waals surface area contributed by atoms with Crippen molar-refractivity contribution in [2.24, 2.45) is 5.84 Å². The van der Waals surface area contributed by atoms with Crippen LogP contribution in [0.5, 0.6) is 5.75 Å². The van der Waals surface area contributed by atoms with Crippen LogP contribution in [0.15, 0.2) is 6.20 Å². The molecule has 0 radical (unpaired) electrons. The summed E-state index contributed by atoms with van der Waals surface area (Å²) in [7, 11) is 3.34. The van der Waals surface area contributed by atoms with Gasteiger partial charge in [0.15, 0.2) is 5.75 Å². The Hall–Kier alpha value is -1.11. The molecule has 0 aliphatic carbocycles. The predicted octanol–water partition coefficient (Wildman–Crippen LogP) is 0.843. The summed E-state index contributed by atoms with van der Waals surface area (Å²) in [4.78, 5) is 0. The van der Waals surface area contributed by atoms with Gasteiger partial charge in [-0.05, 0) is 19.8 Å². The SMILES string of the molecule is CCn1ncc(OC)c1C(CCCOC)NN. The molecule has 0 bridgehead atoms. The molecular weight excluding hydrogens is 220 g/mol. The maximum Gasteiger partial charge on any atom is 0.161 e. The van der Waals surface area contributed by atoms with Gasteiger partial charge >= 0.3 is 0 Å². The molecule has 1 aromatic heterocycles. The standard InChI is InChI=1S/C11H22N4O2/c1-4-15-11(10(17-3)8-13-15)9(14-12)6-5-7-16-2/h8-9,14H,4-7,12H2,1-3H3. The third-order valence-electron chi connectivity index (χ3n) is 2.74. The molecule has 0 saturated heterocycles. The van der Waals surface area contributed by atoms with Crippen LogP contribution in [0.2, 0.25) is 0 Å². The predicted molar refractivity (Wildman–Crippen MR) is 65.6 cm³/mol. The maximum absolute atomic E-state index is 5.61. The van der Waals surface area contributed by atoms with Gasteiger partial charge in [0.1, 0.15) is 0 Å².